The fourth-order valence-corrected chi connectivity index (χ4v) is 1.84. The SMILES string of the molecule is CCNC(=NCC(O)c1ccc(OC(F)(F)F)cc1)NC(C)(C)C. The Morgan fingerprint density at radius 2 is 1.79 bits per heavy atom. The van der Waals surface area contributed by atoms with Gasteiger partial charge in [0.1, 0.15) is 5.75 Å². The molecule has 0 saturated heterocycles. The highest BCUT2D eigenvalue weighted by molar-refractivity contribution is 5.80. The van der Waals surface area contributed by atoms with Crippen LogP contribution in [-0.2, 0) is 0 Å². The summed E-state index contributed by atoms with van der Waals surface area (Å²) in [4.78, 5) is 4.29. The van der Waals surface area contributed by atoms with E-state index in [1.807, 2.05) is 27.7 Å². The van der Waals surface area contributed by atoms with Gasteiger partial charge in [-0.3, -0.25) is 4.99 Å². The van der Waals surface area contributed by atoms with Gasteiger partial charge in [0.2, 0.25) is 0 Å². The van der Waals surface area contributed by atoms with Crippen molar-refractivity contribution in [1.82, 2.24) is 10.6 Å². The molecule has 0 saturated carbocycles. The first-order valence-electron chi connectivity index (χ1n) is 7.60. The van der Waals surface area contributed by atoms with Gasteiger partial charge in [0.05, 0.1) is 12.6 Å². The van der Waals surface area contributed by atoms with Crippen LogP contribution >= 0.6 is 0 Å². The summed E-state index contributed by atoms with van der Waals surface area (Å²) in [5.41, 5.74) is 0.266. The molecule has 0 amide bonds. The predicted molar refractivity (Wildman–Crippen MR) is 87.0 cm³/mol. The second kappa shape index (κ2) is 8.23. The minimum Gasteiger partial charge on any atom is -0.406 e. The van der Waals surface area contributed by atoms with Gasteiger partial charge in [-0.2, -0.15) is 0 Å². The molecule has 0 heterocycles. The highest BCUT2D eigenvalue weighted by Crippen LogP contribution is 2.24. The van der Waals surface area contributed by atoms with Crippen LogP contribution in [0.15, 0.2) is 29.3 Å². The van der Waals surface area contributed by atoms with Crippen LogP contribution in [0.1, 0.15) is 39.4 Å². The summed E-state index contributed by atoms with van der Waals surface area (Å²) in [7, 11) is 0. The van der Waals surface area contributed by atoms with Crippen molar-refractivity contribution in [2.45, 2.75) is 45.7 Å². The van der Waals surface area contributed by atoms with Crippen molar-refractivity contribution in [2.75, 3.05) is 13.1 Å². The number of nitrogens with zero attached hydrogens (tertiary/aromatic N) is 1. The highest BCUT2D eigenvalue weighted by Gasteiger charge is 2.31. The van der Waals surface area contributed by atoms with Gasteiger partial charge >= 0.3 is 6.36 Å². The maximum atomic E-state index is 12.1. The molecule has 0 fully saturated rings. The maximum Gasteiger partial charge on any atom is 0.573 e. The molecular weight excluding hydrogens is 323 g/mol. The second-order valence-electron chi connectivity index (χ2n) is 6.23. The van der Waals surface area contributed by atoms with Gasteiger partial charge < -0.3 is 20.5 Å². The van der Waals surface area contributed by atoms with E-state index >= 15 is 0 Å². The zero-order valence-electron chi connectivity index (χ0n) is 14.2. The van der Waals surface area contributed by atoms with Crippen LogP contribution in [0, 0.1) is 0 Å². The molecule has 0 aliphatic rings. The molecule has 8 heteroatoms. The van der Waals surface area contributed by atoms with Crippen LogP contribution in [0.25, 0.3) is 0 Å². The zero-order chi connectivity index (χ0) is 18.4. The summed E-state index contributed by atoms with van der Waals surface area (Å²) in [5, 5.41) is 16.4. The lowest BCUT2D eigenvalue weighted by Crippen LogP contribution is -2.47. The Hall–Kier alpha value is -1.96. The fraction of sp³-hybridized carbons (Fsp3) is 0.562. The van der Waals surface area contributed by atoms with E-state index in [-0.39, 0.29) is 17.8 Å². The molecule has 1 aromatic carbocycles. The van der Waals surface area contributed by atoms with Crippen molar-refractivity contribution in [2.24, 2.45) is 4.99 Å². The Bertz CT molecular complexity index is 537. The number of alkyl halides is 3. The van der Waals surface area contributed by atoms with Crippen molar-refractivity contribution >= 4 is 5.96 Å². The fourth-order valence-electron chi connectivity index (χ4n) is 1.84. The number of benzene rings is 1. The first-order chi connectivity index (χ1) is 11.0. The molecule has 136 valence electrons. The molecule has 0 aliphatic heterocycles. The standard InChI is InChI=1S/C16H24F3N3O2/c1-5-20-14(22-15(2,3)4)21-10-13(23)11-6-8-12(9-7-11)24-16(17,18)19/h6-9,13,23H,5,10H2,1-4H3,(H2,20,21,22). The third kappa shape index (κ3) is 8.05. The Balaban J connectivity index is 2.71. The average molecular weight is 347 g/mol. The molecule has 0 aliphatic carbocycles. The number of nitrogens with one attached hydrogen (secondary N) is 2. The molecule has 0 spiro atoms. The van der Waals surface area contributed by atoms with Crippen LogP contribution in [0.2, 0.25) is 0 Å². The summed E-state index contributed by atoms with van der Waals surface area (Å²) in [6.07, 6.45) is -5.66. The van der Waals surface area contributed by atoms with Gasteiger partial charge in [-0.1, -0.05) is 12.1 Å². The van der Waals surface area contributed by atoms with Crippen molar-refractivity contribution in [3.63, 3.8) is 0 Å². The molecule has 0 bridgehead atoms. The topological polar surface area (TPSA) is 65.9 Å². The molecule has 0 aromatic heterocycles. The van der Waals surface area contributed by atoms with Gasteiger partial charge in [0.25, 0.3) is 0 Å². The molecule has 1 unspecified atom stereocenters. The van der Waals surface area contributed by atoms with Gasteiger partial charge in [0, 0.05) is 12.1 Å². The zero-order valence-corrected chi connectivity index (χ0v) is 14.2. The number of guanidine groups is 1. The molecule has 24 heavy (non-hydrogen) atoms. The maximum absolute atomic E-state index is 12.1. The summed E-state index contributed by atoms with van der Waals surface area (Å²) < 4.78 is 40.1. The predicted octanol–water partition coefficient (Wildman–Crippen LogP) is 2.97. The number of ether oxygens (including phenoxy) is 1. The lowest BCUT2D eigenvalue weighted by atomic mass is 10.1. The van der Waals surface area contributed by atoms with Crippen LogP contribution < -0.4 is 15.4 Å². The largest absolute Gasteiger partial charge is 0.573 e. The summed E-state index contributed by atoms with van der Waals surface area (Å²) in [5.74, 6) is 0.228. The molecule has 0 radical (unpaired) electrons. The van der Waals surface area contributed by atoms with Gasteiger partial charge in [-0.15, -0.1) is 13.2 Å². The molecule has 1 rings (SSSR count). The smallest absolute Gasteiger partial charge is 0.406 e. The number of halogens is 3. The lowest BCUT2D eigenvalue weighted by Gasteiger charge is -2.24. The number of aliphatic hydroxyl groups excluding tert-OH is 1. The normalized spacial score (nSPS) is 14.2. The Morgan fingerprint density at radius 1 is 1.21 bits per heavy atom. The first-order valence-corrected chi connectivity index (χ1v) is 7.60. The van der Waals surface area contributed by atoms with E-state index in [9.17, 15) is 18.3 Å². The van der Waals surface area contributed by atoms with Crippen molar-refractivity contribution < 1.29 is 23.0 Å². The number of rotatable bonds is 5. The summed E-state index contributed by atoms with van der Waals surface area (Å²) in [6.45, 7) is 8.61. The van der Waals surface area contributed by atoms with E-state index < -0.39 is 12.5 Å². The third-order valence-electron chi connectivity index (χ3n) is 2.76. The Labute approximate surface area is 139 Å². The number of aliphatic imine (C=N–C) groups is 1. The minimum atomic E-state index is -4.73. The van der Waals surface area contributed by atoms with Crippen LogP contribution in [0.4, 0.5) is 13.2 Å². The molecular formula is C16H24F3N3O2. The van der Waals surface area contributed by atoms with Crippen molar-refractivity contribution in [3.8, 4) is 5.75 Å². The van der Waals surface area contributed by atoms with E-state index in [1.54, 1.807) is 0 Å². The van der Waals surface area contributed by atoms with E-state index in [1.165, 1.54) is 12.1 Å². The lowest BCUT2D eigenvalue weighted by molar-refractivity contribution is -0.274. The monoisotopic (exact) mass is 347 g/mol. The molecule has 1 aromatic rings. The summed E-state index contributed by atoms with van der Waals surface area (Å²) in [6, 6.07) is 5.08. The van der Waals surface area contributed by atoms with Crippen molar-refractivity contribution in [1.29, 1.82) is 0 Å². The third-order valence-corrected chi connectivity index (χ3v) is 2.76. The number of hydrogen-bond donors (Lipinski definition) is 3. The molecule has 3 N–H and O–H groups in total. The first kappa shape index (κ1) is 20.1. The Kier molecular flexibility index (Phi) is 6.89. The van der Waals surface area contributed by atoms with E-state index in [0.29, 0.717) is 18.1 Å². The van der Waals surface area contributed by atoms with Gasteiger partial charge in [0.15, 0.2) is 5.96 Å². The van der Waals surface area contributed by atoms with Crippen LogP contribution in [0.5, 0.6) is 5.75 Å². The highest BCUT2D eigenvalue weighted by atomic mass is 19.4. The van der Waals surface area contributed by atoms with E-state index in [0.717, 1.165) is 12.1 Å². The van der Waals surface area contributed by atoms with Crippen molar-refractivity contribution in [3.05, 3.63) is 29.8 Å². The van der Waals surface area contributed by atoms with Gasteiger partial charge in [-0.05, 0) is 45.4 Å². The quantitative estimate of drug-likeness (QED) is 0.566. The van der Waals surface area contributed by atoms with E-state index in [4.69, 9.17) is 0 Å². The number of aliphatic hydroxyl groups is 1. The van der Waals surface area contributed by atoms with E-state index in [2.05, 4.69) is 20.4 Å². The van der Waals surface area contributed by atoms with Crippen LogP contribution in [-0.4, -0.2) is 36.1 Å². The Morgan fingerprint density at radius 3 is 2.25 bits per heavy atom. The molecule has 1 atom stereocenters. The molecule has 5 nitrogen and oxygen atoms in total. The second-order valence-corrected chi connectivity index (χ2v) is 6.23. The summed E-state index contributed by atoms with van der Waals surface area (Å²) >= 11 is 0. The van der Waals surface area contributed by atoms with Crippen LogP contribution in [0.3, 0.4) is 0 Å². The number of hydrogen-bond acceptors (Lipinski definition) is 3. The average Bonchev–Trinajstić information content (AvgIpc) is 2.42. The van der Waals surface area contributed by atoms with Gasteiger partial charge in [-0.25, -0.2) is 0 Å². The minimum absolute atomic E-state index is 0.0743.